The summed E-state index contributed by atoms with van der Waals surface area (Å²) in [7, 11) is 1.70. The van der Waals surface area contributed by atoms with Crippen molar-refractivity contribution in [1.82, 2.24) is 15.3 Å². The Balaban J connectivity index is 2.00. The van der Waals surface area contributed by atoms with Gasteiger partial charge in [-0.05, 0) is 24.8 Å². The number of hydrogen-bond acceptors (Lipinski definition) is 4. The van der Waals surface area contributed by atoms with E-state index in [1.165, 1.54) is 15.8 Å². The second kappa shape index (κ2) is 4.07. The summed E-state index contributed by atoms with van der Waals surface area (Å²) in [5.74, 6) is 0.271. The first-order valence-corrected chi connectivity index (χ1v) is 6.53. The van der Waals surface area contributed by atoms with Crippen LogP contribution in [0.4, 0.5) is 0 Å². The van der Waals surface area contributed by atoms with Crippen molar-refractivity contribution in [2.45, 2.75) is 19.3 Å². The van der Waals surface area contributed by atoms with Gasteiger partial charge in [0.1, 0.15) is 11.2 Å². The molecule has 17 heavy (non-hydrogen) atoms. The minimum atomic E-state index is 0.119. The first-order valence-electron chi connectivity index (χ1n) is 5.71. The van der Waals surface area contributed by atoms with E-state index in [-0.39, 0.29) is 11.8 Å². The average molecular weight is 247 g/mol. The quantitative estimate of drug-likeness (QED) is 0.831. The lowest BCUT2D eigenvalue weighted by molar-refractivity contribution is -0.124. The molecule has 4 nitrogen and oxygen atoms in total. The zero-order valence-corrected chi connectivity index (χ0v) is 10.4. The Kier molecular flexibility index (Phi) is 2.55. The Morgan fingerprint density at radius 2 is 2.47 bits per heavy atom. The van der Waals surface area contributed by atoms with Crippen LogP contribution in [0, 0.1) is 5.92 Å². The molecule has 0 fully saturated rings. The molecular formula is C12H13N3OS. The van der Waals surface area contributed by atoms with E-state index >= 15 is 0 Å². The van der Waals surface area contributed by atoms with Crippen LogP contribution in [-0.4, -0.2) is 22.9 Å². The summed E-state index contributed by atoms with van der Waals surface area (Å²) in [5.41, 5.74) is 1.35. The number of amides is 1. The van der Waals surface area contributed by atoms with Crippen LogP contribution in [0.5, 0.6) is 0 Å². The third kappa shape index (κ3) is 1.70. The third-order valence-corrected chi connectivity index (χ3v) is 4.53. The molecule has 1 aliphatic carbocycles. The number of nitrogens with zero attached hydrogens (tertiary/aromatic N) is 2. The van der Waals surface area contributed by atoms with Gasteiger partial charge in [-0.15, -0.1) is 11.3 Å². The standard InChI is InChI=1S/C12H13N3OS/c1-13-11(16)7-2-3-8-9-5-14-6-15-12(9)17-10(8)4-7/h5-7H,2-4H2,1H3,(H,13,16). The Bertz CT molecular complexity index is 578. The smallest absolute Gasteiger partial charge is 0.223 e. The number of carbonyl (C=O) groups is 1. The van der Waals surface area contributed by atoms with Crippen molar-refractivity contribution in [3.8, 4) is 0 Å². The van der Waals surface area contributed by atoms with Gasteiger partial charge in [0.15, 0.2) is 0 Å². The minimum absolute atomic E-state index is 0.119. The summed E-state index contributed by atoms with van der Waals surface area (Å²) in [4.78, 5) is 22.4. The van der Waals surface area contributed by atoms with Gasteiger partial charge < -0.3 is 5.32 Å². The highest BCUT2D eigenvalue weighted by molar-refractivity contribution is 7.18. The topological polar surface area (TPSA) is 54.9 Å². The van der Waals surface area contributed by atoms with Gasteiger partial charge in [-0.3, -0.25) is 4.79 Å². The summed E-state index contributed by atoms with van der Waals surface area (Å²) in [6.45, 7) is 0. The molecule has 0 radical (unpaired) electrons. The molecule has 0 saturated carbocycles. The molecule has 88 valence electrons. The predicted molar refractivity (Wildman–Crippen MR) is 67.0 cm³/mol. The lowest BCUT2D eigenvalue weighted by atomic mass is 9.87. The minimum Gasteiger partial charge on any atom is -0.359 e. The van der Waals surface area contributed by atoms with E-state index < -0.39 is 0 Å². The summed E-state index contributed by atoms with van der Waals surface area (Å²) < 4.78 is 0. The number of thiophene rings is 1. The highest BCUT2D eigenvalue weighted by atomic mass is 32.1. The van der Waals surface area contributed by atoms with E-state index in [2.05, 4.69) is 15.3 Å². The van der Waals surface area contributed by atoms with E-state index in [1.54, 1.807) is 24.7 Å². The van der Waals surface area contributed by atoms with Crippen LogP contribution in [0.2, 0.25) is 0 Å². The van der Waals surface area contributed by atoms with E-state index in [4.69, 9.17) is 0 Å². The lowest BCUT2D eigenvalue weighted by Crippen LogP contribution is -2.31. The molecule has 5 heteroatoms. The Hall–Kier alpha value is -1.49. The van der Waals surface area contributed by atoms with Gasteiger partial charge in [-0.1, -0.05) is 0 Å². The molecule has 0 saturated heterocycles. The average Bonchev–Trinajstić information content (AvgIpc) is 2.75. The van der Waals surface area contributed by atoms with E-state index in [0.29, 0.717) is 0 Å². The first kappa shape index (κ1) is 10.7. The van der Waals surface area contributed by atoms with Crippen molar-refractivity contribution in [2.24, 2.45) is 5.92 Å². The molecule has 0 aromatic carbocycles. The summed E-state index contributed by atoms with van der Waals surface area (Å²) in [5, 5.41) is 3.91. The number of carbonyl (C=O) groups excluding carboxylic acids is 1. The molecule has 2 aromatic rings. The van der Waals surface area contributed by atoms with Gasteiger partial charge in [0, 0.05) is 29.4 Å². The van der Waals surface area contributed by atoms with Crippen LogP contribution in [0.1, 0.15) is 16.9 Å². The van der Waals surface area contributed by atoms with Gasteiger partial charge in [0.2, 0.25) is 5.91 Å². The molecule has 1 atom stereocenters. The van der Waals surface area contributed by atoms with Gasteiger partial charge >= 0.3 is 0 Å². The van der Waals surface area contributed by atoms with E-state index in [0.717, 1.165) is 24.1 Å². The van der Waals surface area contributed by atoms with Crippen LogP contribution < -0.4 is 5.32 Å². The van der Waals surface area contributed by atoms with Crippen molar-refractivity contribution < 1.29 is 4.79 Å². The second-order valence-electron chi connectivity index (χ2n) is 4.30. The van der Waals surface area contributed by atoms with Gasteiger partial charge in [0.25, 0.3) is 0 Å². The summed E-state index contributed by atoms with van der Waals surface area (Å²) in [6, 6.07) is 0. The molecule has 2 heterocycles. The monoisotopic (exact) mass is 247 g/mol. The maximum Gasteiger partial charge on any atom is 0.223 e. The largest absolute Gasteiger partial charge is 0.359 e. The van der Waals surface area contributed by atoms with Crippen molar-refractivity contribution >= 4 is 27.5 Å². The van der Waals surface area contributed by atoms with Crippen molar-refractivity contribution in [3.63, 3.8) is 0 Å². The maximum absolute atomic E-state index is 11.7. The number of aryl methyl sites for hydroxylation is 1. The van der Waals surface area contributed by atoms with Gasteiger partial charge in [0.05, 0.1) is 0 Å². The zero-order chi connectivity index (χ0) is 11.8. The van der Waals surface area contributed by atoms with E-state index in [1.807, 2.05) is 6.20 Å². The number of aromatic nitrogens is 2. The zero-order valence-electron chi connectivity index (χ0n) is 9.56. The number of nitrogens with one attached hydrogen (secondary N) is 1. The molecule has 3 rings (SSSR count). The number of fused-ring (bicyclic) bond motifs is 3. The highest BCUT2D eigenvalue weighted by Crippen LogP contribution is 2.36. The normalized spacial score (nSPS) is 19.0. The first-order chi connectivity index (χ1) is 8.29. The van der Waals surface area contributed by atoms with Crippen molar-refractivity contribution in [1.29, 1.82) is 0 Å². The molecular weight excluding hydrogens is 234 g/mol. The van der Waals surface area contributed by atoms with Crippen molar-refractivity contribution in [2.75, 3.05) is 7.05 Å². The molecule has 1 N–H and O–H groups in total. The van der Waals surface area contributed by atoms with Crippen LogP contribution in [0.3, 0.4) is 0 Å². The molecule has 1 aliphatic rings. The fourth-order valence-electron chi connectivity index (χ4n) is 2.45. The third-order valence-electron chi connectivity index (χ3n) is 3.35. The number of hydrogen-bond donors (Lipinski definition) is 1. The second-order valence-corrected chi connectivity index (χ2v) is 5.38. The van der Waals surface area contributed by atoms with Crippen LogP contribution >= 0.6 is 11.3 Å². The molecule has 0 spiro atoms. The fourth-order valence-corrected chi connectivity index (χ4v) is 3.69. The maximum atomic E-state index is 11.7. The van der Waals surface area contributed by atoms with Crippen LogP contribution in [0.15, 0.2) is 12.5 Å². The summed E-state index contributed by atoms with van der Waals surface area (Å²) in [6.07, 6.45) is 6.20. The molecule has 1 unspecified atom stereocenters. The molecule has 0 bridgehead atoms. The number of rotatable bonds is 1. The molecule has 0 aliphatic heterocycles. The van der Waals surface area contributed by atoms with Crippen LogP contribution in [-0.2, 0) is 17.6 Å². The van der Waals surface area contributed by atoms with Gasteiger partial charge in [-0.25, -0.2) is 9.97 Å². The van der Waals surface area contributed by atoms with Crippen molar-refractivity contribution in [3.05, 3.63) is 23.0 Å². The van der Waals surface area contributed by atoms with E-state index in [9.17, 15) is 4.79 Å². The highest BCUT2D eigenvalue weighted by Gasteiger charge is 2.27. The molecule has 1 amide bonds. The lowest BCUT2D eigenvalue weighted by Gasteiger charge is -2.20. The Labute approximate surface area is 103 Å². The SMILES string of the molecule is CNC(=O)C1CCc2c(sc3ncncc23)C1. The Morgan fingerprint density at radius 3 is 3.29 bits per heavy atom. The predicted octanol–water partition coefficient (Wildman–Crippen LogP) is 1.54. The van der Waals surface area contributed by atoms with Crippen LogP contribution in [0.25, 0.3) is 10.2 Å². The Morgan fingerprint density at radius 1 is 1.59 bits per heavy atom. The molecule has 2 aromatic heterocycles. The van der Waals surface area contributed by atoms with Gasteiger partial charge in [-0.2, -0.15) is 0 Å². The summed E-state index contributed by atoms with van der Waals surface area (Å²) >= 11 is 1.70. The fraction of sp³-hybridized carbons (Fsp3) is 0.417.